The predicted molar refractivity (Wildman–Crippen MR) is 96.3 cm³/mol. The van der Waals surface area contributed by atoms with Crippen molar-refractivity contribution in [2.45, 2.75) is 32.4 Å². The number of nitrogens with two attached hydrogens (primary N) is 1. The van der Waals surface area contributed by atoms with Crippen LogP contribution in [0.2, 0.25) is 0 Å². The van der Waals surface area contributed by atoms with Gasteiger partial charge in [-0.05, 0) is 44.4 Å². The number of piperidine rings is 1. The van der Waals surface area contributed by atoms with E-state index in [1.807, 2.05) is 24.3 Å². The average Bonchev–Trinajstić information content (AvgIpc) is 2.96. The third-order valence-corrected chi connectivity index (χ3v) is 4.69. The van der Waals surface area contributed by atoms with Crippen molar-refractivity contribution in [3.05, 3.63) is 34.6 Å². The van der Waals surface area contributed by atoms with Crippen molar-refractivity contribution in [3.8, 4) is 11.4 Å². The molecule has 2 N–H and O–H groups in total. The van der Waals surface area contributed by atoms with Gasteiger partial charge in [0.15, 0.2) is 0 Å². The molecule has 0 radical (unpaired) electrons. The molecular formula is C16H22BrClN4O. The summed E-state index contributed by atoms with van der Waals surface area (Å²) in [6.45, 7) is 4.86. The normalized spacial score (nSPS) is 20.0. The lowest BCUT2D eigenvalue weighted by molar-refractivity contribution is 0.139. The van der Waals surface area contributed by atoms with E-state index in [0.29, 0.717) is 24.2 Å². The molecule has 1 aliphatic rings. The Morgan fingerprint density at radius 2 is 2.30 bits per heavy atom. The zero-order valence-electron chi connectivity index (χ0n) is 13.1. The standard InChI is InChI=1S/C16H21BrN4O.ClH/c1-11(18)13-5-3-7-21(9-13)10-15-19-16(20-22-15)12-4-2-6-14(17)8-12;/h2,4,6,8,11,13H,3,5,7,9-10,18H2,1H3;1H. The van der Waals surface area contributed by atoms with Crippen LogP contribution in [0.3, 0.4) is 0 Å². The van der Waals surface area contributed by atoms with Crippen molar-refractivity contribution in [3.63, 3.8) is 0 Å². The topological polar surface area (TPSA) is 68.2 Å². The summed E-state index contributed by atoms with van der Waals surface area (Å²) in [5, 5.41) is 4.09. The minimum Gasteiger partial charge on any atom is -0.338 e. The maximum atomic E-state index is 6.03. The highest BCUT2D eigenvalue weighted by Gasteiger charge is 2.24. The molecule has 3 rings (SSSR count). The summed E-state index contributed by atoms with van der Waals surface area (Å²) in [5.41, 5.74) is 6.99. The molecule has 1 aliphatic heterocycles. The largest absolute Gasteiger partial charge is 0.338 e. The number of hydrogen-bond acceptors (Lipinski definition) is 5. The van der Waals surface area contributed by atoms with Crippen molar-refractivity contribution in [1.82, 2.24) is 15.0 Å². The van der Waals surface area contributed by atoms with Gasteiger partial charge in [-0.3, -0.25) is 4.90 Å². The molecule has 1 saturated heterocycles. The number of rotatable bonds is 4. The van der Waals surface area contributed by atoms with Gasteiger partial charge < -0.3 is 10.3 Å². The van der Waals surface area contributed by atoms with Crippen molar-refractivity contribution in [2.24, 2.45) is 11.7 Å². The first-order valence-corrected chi connectivity index (χ1v) is 8.47. The van der Waals surface area contributed by atoms with Crippen LogP contribution in [0.4, 0.5) is 0 Å². The fourth-order valence-corrected chi connectivity index (χ4v) is 3.32. The average molecular weight is 402 g/mol. The first-order chi connectivity index (χ1) is 10.6. The van der Waals surface area contributed by atoms with E-state index in [0.717, 1.165) is 23.1 Å². The van der Waals surface area contributed by atoms with Crippen LogP contribution >= 0.6 is 28.3 Å². The summed E-state index contributed by atoms with van der Waals surface area (Å²) in [6.07, 6.45) is 2.39. The summed E-state index contributed by atoms with van der Waals surface area (Å²) < 4.78 is 6.41. The van der Waals surface area contributed by atoms with Crippen LogP contribution < -0.4 is 5.73 Å². The Labute approximate surface area is 151 Å². The van der Waals surface area contributed by atoms with Gasteiger partial charge in [0.1, 0.15) is 0 Å². The van der Waals surface area contributed by atoms with Gasteiger partial charge in [-0.2, -0.15) is 4.98 Å². The Morgan fingerprint density at radius 3 is 3.04 bits per heavy atom. The molecule has 2 unspecified atom stereocenters. The van der Waals surface area contributed by atoms with Gasteiger partial charge in [0.25, 0.3) is 0 Å². The number of hydrogen-bond donors (Lipinski definition) is 1. The summed E-state index contributed by atoms with van der Waals surface area (Å²) in [7, 11) is 0. The van der Waals surface area contributed by atoms with E-state index in [4.69, 9.17) is 10.3 Å². The van der Waals surface area contributed by atoms with Crippen molar-refractivity contribution in [1.29, 1.82) is 0 Å². The van der Waals surface area contributed by atoms with Gasteiger partial charge >= 0.3 is 0 Å². The van der Waals surface area contributed by atoms with Crippen LogP contribution in [0.1, 0.15) is 25.7 Å². The number of halogens is 2. The molecule has 2 aromatic rings. The fourth-order valence-electron chi connectivity index (χ4n) is 2.92. The molecule has 1 aromatic heterocycles. The maximum absolute atomic E-state index is 6.03. The summed E-state index contributed by atoms with van der Waals surface area (Å²) in [4.78, 5) is 6.87. The van der Waals surface area contributed by atoms with E-state index in [1.165, 1.54) is 12.8 Å². The van der Waals surface area contributed by atoms with Gasteiger partial charge in [0, 0.05) is 22.6 Å². The molecule has 2 heterocycles. The SMILES string of the molecule is CC(N)C1CCCN(Cc2nc(-c3cccc(Br)c3)no2)C1.Cl. The van der Waals surface area contributed by atoms with E-state index in [-0.39, 0.29) is 18.4 Å². The number of benzene rings is 1. The summed E-state index contributed by atoms with van der Waals surface area (Å²) in [5.74, 6) is 1.86. The Hall–Kier alpha value is -0.950. The molecule has 23 heavy (non-hydrogen) atoms. The summed E-state index contributed by atoms with van der Waals surface area (Å²) in [6, 6.07) is 8.15. The van der Waals surface area contributed by atoms with Crippen molar-refractivity contribution >= 4 is 28.3 Å². The molecule has 0 amide bonds. The van der Waals surface area contributed by atoms with Crippen LogP contribution in [0, 0.1) is 5.92 Å². The molecular weight excluding hydrogens is 380 g/mol. The van der Waals surface area contributed by atoms with Crippen molar-refractivity contribution < 1.29 is 4.52 Å². The molecule has 0 bridgehead atoms. The Morgan fingerprint density at radius 1 is 1.48 bits per heavy atom. The quantitative estimate of drug-likeness (QED) is 0.849. The highest BCUT2D eigenvalue weighted by atomic mass is 79.9. The van der Waals surface area contributed by atoms with Crippen molar-refractivity contribution in [2.75, 3.05) is 13.1 Å². The fraction of sp³-hybridized carbons (Fsp3) is 0.500. The molecule has 126 valence electrons. The minimum absolute atomic E-state index is 0. The van der Waals surface area contributed by atoms with E-state index < -0.39 is 0 Å². The van der Waals surface area contributed by atoms with Crippen LogP contribution in [-0.2, 0) is 6.54 Å². The van der Waals surface area contributed by atoms with Gasteiger partial charge in [-0.1, -0.05) is 33.2 Å². The molecule has 2 atom stereocenters. The maximum Gasteiger partial charge on any atom is 0.241 e. The molecule has 0 aliphatic carbocycles. The van der Waals surface area contributed by atoms with Gasteiger partial charge in [-0.25, -0.2) is 0 Å². The molecule has 1 fully saturated rings. The number of likely N-dealkylation sites (tertiary alicyclic amines) is 1. The van der Waals surface area contributed by atoms with E-state index in [9.17, 15) is 0 Å². The van der Waals surface area contributed by atoms with Crippen LogP contribution in [0.25, 0.3) is 11.4 Å². The number of nitrogens with zero attached hydrogens (tertiary/aromatic N) is 3. The third-order valence-electron chi connectivity index (χ3n) is 4.20. The molecule has 1 aromatic carbocycles. The summed E-state index contributed by atoms with van der Waals surface area (Å²) >= 11 is 3.46. The Balaban J connectivity index is 0.00000192. The second-order valence-corrected chi connectivity index (χ2v) is 6.93. The van der Waals surface area contributed by atoms with Gasteiger partial charge in [0.05, 0.1) is 6.54 Å². The molecule has 0 spiro atoms. The first kappa shape index (κ1) is 18.4. The lowest BCUT2D eigenvalue weighted by Gasteiger charge is -2.33. The van der Waals surface area contributed by atoms with Gasteiger partial charge in [-0.15, -0.1) is 12.4 Å². The van der Waals surface area contributed by atoms with Crippen LogP contribution in [0.5, 0.6) is 0 Å². The predicted octanol–water partition coefficient (Wildman–Crippen LogP) is 3.48. The zero-order valence-corrected chi connectivity index (χ0v) is 15.5. The van der Waals surface area contributed by atoms with E-state index >= 15 is 0 Å². The highest BCUT2D eigenvalue weighted by molar-refractivity contribution is 9.10. The van der Waals surface area contributed by atoms with E-state index in [2.05, 4.69) is 37.9 Å². The minimum atomic E-state index is 0. The molecule has 5 nitrogen and oxygen atoms in total. The third kappa shape index (κ3) is 4.76. The Bertz CT molecular complexity index is 634. The van der Waals surface area contributed by atoms with E-state index in [1.54, 1.807) is 0 Å². The smallest absolute Gasteiger partial charge is 0.241 e. The molecule has 0 saturated carbocycles. The van der Waals surface area contributed by atoms with Crippen LogP contribution in [0.15, 0.2) is 33.3 Å². The first-order valence-electron chi connectivity index (χ1n) is 7.68. The second kappa shape index (κ2) is 8.24. The highest BCUT2D eigenvalue weighted by Crippen LogP contribution is 2.23. The Kier molecular flexibility index (Phi) is 6.59. The molecule has 7 heteroatoms. The lowest BCUT2D eigenvalue weighted by Crippen LogP contribution is -2.41. The second-order valence-electron chi connectivity index (χ2n) is 6.02. The number of aromatic nitrogens is 2. The zero-order chi connectivity index (χ0) is 15.5. The lowest BCUT2D eigenvalue weighted by atomic mass is 9.92. The monoisotopic (exact) mass is 400 g/mol. The van der Waals surface area contributed by atoms with Gasteiger partial charge in [0.2, 0.25) is 11.7 Å². The van der Waals surface area contributed by atoms with Crippen LogP contribution in [-0.4, -0.2) is 34.2 Å².